The first-order chi connectivity index (χ1) is 13.9. The molecule has 0 bridgehead atoms. The van der Waals surface area contributed by atoms with E-state index in [1.54, 1.807) is 12.1 Å². The van der Waals surface area contributed by atoms with Gasteiger partial charge in [0.25, 0.3) is 5.56 Å². The summed E-state index contributed by atoms with van der Waals surface area (Å²) < 4.78 is 15.7. The minimum absolute atomic E-state index is 0.296. The van der Waals surface area contributed by atoms with E-state index in [-0.39, 0.29) is 6.54 Å². The molecule has 0 saturated carbocycles. The van der Waals surface area contributed by atoms with Gasteiger partial charge in [-0.25, -0.2) is 13.6 Å². The predicted molar refractivity (Wildman–Crippen MR) is 107 cm³/mol. The van der Waals surface area contributed by atoms with Gasteiger partial charge in [-0.3, -0.25) is 9.59 Å². The lowest BCUT2D eigenvalue weighted by atomic mass is 10.0. The third-order valence-electron chi connectivity index (χ3n) is 4.56. The minimum Gasteiger partial charge on any atom is -0.324 e. The number of halogens is 1. The third-order valence-corrected chi connectivity index (χ3v) is 4.56. The van der Waals surface area contributed by atoms with Crippen LogP contribution in [0.25, 0.3) is 16.8 Å². The van der Waals surface area contributed by atoms with Gasteiger partial charge in [0.05, 0.1) is 5.69 Å². The summed E-state index contributed by atoms with van der Waals surface area (Å²) in [5.41, 5.74) is 3.91. The number of fused-ring (bicyclic) bond motifs is 1. The maximum atomic E-state index is 13.3. The average molecular weight is 391 g/mol. The van der Waals surface area contributed by atoms with Crippen molar-refractivity contribution < 1.29 is 9.18 Å². The Bertz CT molecular complexity index is 1290. The summed E-state index contributed by atoms with van der Waals surface area (Å²) >= 11 is 0. The summed E-state index contributed by atoms with van der Waals surface area (Å²) in [6.45, 7) is 3.67. The first-order valence-electron chi connectivity index (χ1n) is 8.99. The molecule has 4 aromatic rings. The van der Waals surface area contributed by atoms with Crippen LogP contribution >= 0.6 is 0 Å². The van der Waals surface area contributed by atoms with Gasteiger partial charge in [-0.2, -0.15) is 10.2 Å². The Morgan fingerprint density at radius 3 is 2.76 bits per heavy atom. The summed E-state index contributed by atoms with van der Waals surface area (Å²) in [6.07, 6.45) is 1.39. The molecule has 1 amide bonds. The van der Waals surface area contributed by atoms with Gasteiger partial charge >= 0.3 is 0 Å². The molecule has 0 saturated heterocycles. The maximum Gasteiger partial charge on any atom is 0.293 e. The quantitative estimate of drug-likeness (QED) is 0.580. The molecule has 7 nitrogen and oxygen atoms in total. The lowest BCUT2D eigenvalue weighted by Gasteiger charge is -2.06. The highest BCUT2D eigenvalue weighted by molar-refractivity contribution is 5.90. The van der Waals surface area contributed by atoms with Crippen molar-refractivity contribution in [1.29, 1.82) is 0 Å². The van der Waals surface area contributed by atoms with Crippen LogP contribution in [0.4, 0.5) is 10.1 Å². The van der Waals surface area contributed by atoms with E-state index in [0.29, 0.717) is 16.9 Å². The smallest absolute Gasteiger partial charge is 0.293 e. The SMILES string of the molecule is Cc1ccc(C)c(-c2cc3c(=O)n(CC(=O)Nc4cccc(F)c4)ncn3n2)c1. The molecule has 2 aromatic carbocycles. The van der Waals surface area contributed by atoms with Crippen molar-refractivity contribution in [3.8, 4) is 11.3 Å². The number of nitrogens with zero attached hydrogens (tertiary/aromatic N) is 4. The van der Waals surface area contributed by atoms with E-state index >= 15 is 0 Å². The molecule has 0 aliphatic heterocycles. The van der Waals surface area contributed by atoms with Crippen molar-refractivity contribution in [2.24, 2.45) is 0 Å². The van der Waals surface area contributed by atoms with Crippen LogP contribution < -0.4 is 10.9 Å². The van der Waals surface area contributed by atoms with E-state index in [1.807, 2.05) is 32.0 Å². The summed E-state index contributed by atoms with van der Waals surface area (Å²) in [5, 5.41) is 11.0. The van der Waals surface area contributed by atoms with Gasteiger partial charge in [0.2, 0.25) is 5.91 Å². The van der Waals surface area contributed by atoms with Gasteiger partial charge in [0.1, 0.15) is 24.2 Å². The second kappa shape index (κ2) is 7.31. The number of aromatic nitrogens is 4. The van der Waals surface area contributed by atoms with Crippen molar-refractivity contribution in [1.82, 2.24) is 19.4 Å². The lowest BCUT2D eigenvalue weighted by Crippen LogP contribution is -2.30. The number of hydrogen-bond donors (Lipinski definition) is 1. The molecule has 2 aromatic heterocycles. The van der Waals surface area contributed by atoms with Crippen LogP contribution in [0.5, 0.6) is 0 Å². The van der Waals surface area contributed by atoms with Crippen molar-refractivity contribution in [3.05, 3.63) is 82.2 Å². The van der Waals surface area contributed by atoms with Gasteiger partial charge < -0.3 is 5.32 Å². The number of hydrogen-bond acceptors (Lipinski definition) is 4. The minimum atomic E-state index is -0.483. The largest absolute Gasteiger partial charge is 0.324 e. The Balaban J connectivity index is 1.63. The van der Waals surface area contributed by atoms with Crippen LogP contribution in [-0.4, -0.2) is 25.3 Å². The van der Waals surface area contributed by atoms with E-state index < -0.39 is 17.3 Å². The summed E-state index contributed by atoms with van der Waals surface area (Å²) in [5.74, 6) is -0.943. The number of carbonyl (C=O) groups excluding carboxylic acids is 1. The number of amides is 1. The van der Waals surface area contributed by atoms with Gasteiger partial charge in [0, 0.05) is 11.3 Å². The molecule has 4 rings (SSSR count). The molecular weight excluding hydrogens is 373 g/mol. The fourth-order valence-electron chi connectivity index (χ4n) is 3.10. The zero-order chi connectivity index (χ0) is 20.5. The van der Waals surface area contributed by atoms with Crippen molar-refractivity contribution in [2.75, 3.05) is 5.32 Å². The van der Waals surface area contributed by atoms with Crippen molar-refractivity contribution in [2.45, 2.75) is 20.4 Å². The normalized spacial score (nSPS) is 11.0. The average Bonchev–Trinajstić information content (AvgIpc) is 3.11. The molecule has 0 radical (unpaired) electrons. The number of nitrogens with one attached hydrogen (secondary N) is 1. The standard InChI is InChI=1S/C21H18FN5O2/c1-13-6-7-14(2)17(8-13)18-10-19-21(29)26(23-12-27(19)25-18)11-20(28)24-16-5-3-4-15(22)9-16/h3-10,12H,11H2,1-2H3,(H,24,28). The Morgan fingerprint density at radius 1 is 1.14 bits per heavy atom. The highest BCUT2D eigenvalue weighted by Gasteiger charge is 2.14. The van der Waals surface area contributed by atoms with Crippen LogP contribution in [0, 0.1) is 19.7 Å². The third kappa shape index (κ3) is 3.77. The summed E-state index contributed by atoms with van der Waals surface area (Å²) in [4.78, 5) is 25.0. The van der Waals surface area contributed by atoms with Gasteiger partial charge in [-0.05, 0) is 49.7 Å². The number of benzene rings is 2. The Labute approximate surface area is 165 Å². The fraction of sp³-hybridized carbons (Fsp3) is 0.143. The van der Waals surface area contributed by atoms with Crippen molar-refractivity contribution >= 4 is 17.1 Å². The fourth-order valence-corrected chi connectivity index (χ4v) is 3.10. The molecule has 2 heterocycles. The van der Waals surface area contributed by atoms with E-state index in [2.05, 4.69) is 15.5 Å². The molecular formula is C21H18FN5O2. The molecule has 146 valence electrons. The molecule has 0 aliphatic carbocycles. The van der Waals surface area contributed by atoms with Crippen LogP contribution in [0.3, 0.4) is 0 Å². The summed E-state index contributed by atoms with van der Waals surface area (Å²) in [7, 11) is 0. The molecule has 8 heteroatoms. The monoisotopic (exact) mass is 391 g/mol. The first kappa shape index (κ1) is 18.5. The van der Waals surface area contributed by atoms with E-state index in [0.717, 1.165) is 21.4 Å². The molecule has 29 heavy (non-hydrogen) atoms. The molecule has 0 fully saturated rings. The Hall–Kier alpha value is -3.81. The van der Waals surface area contributed by atoms with E-state index in [4.69, 9.17) is 0 Å². The Kier molecular flexibility index (Phi) is 4.67. The zero-order valence-corrected chi connectivity index (χ0v) is 15.9. The number of anilines is 1. The van der Waals surface area contributed by atoms with Crippen molar-refractivity contribution in [3.63, 3.8) is 0 Å². The zero-order valence-electron chi connectivity index (χ0n) is 15.9. The maximum absolute atomic E-state index is 13.3. The number of aryl methyl sites for hydroxylation is 2. The van der Waals surface area contributed by atoms with Crippen LogP contribution in [-0.2, 0) is 11.3 Å². The lowest BCUT2D eigenvalue weighted by molar-refractivity contribution is -0.117. The van der Waals surface area contributed by atoms with Gasteiger partial charge in [-0.1, -0.05) is 23.8 Å². The molecule has 0 aliphatic rings. The highest BCUT2D eigenvalue weighted by Crippen LogP contribution is 2.23. The highest BCUT2D eigenvalue weighted by atomic mass is 19.1. The summed E-state index contributed by atoms with van der Waals surface area (Å²) in [6, 6.07) is 13.2. The predicted octanol–water partition coefficient (Wildman–Crippen LogP) is 2.95. The Morgan fingerprint density at radius 2 is 1.97 bits per heavy atom. The number of carbonyl (C=O) groups is 1. The molecule has 0 unspecified atom stereocenters. The van der Waals surface area contributed by atoms with E-state index in [9.17, 15) is 14.0 Å². The molecule has 1 N–H and O–H groups in total. The van der Waals surface area contributed by atoms with Crippen LogP contribution in [0.2, 0.25) is 0 Å². The van der Waals surface area contributed by atoms with Gasteiger partial charge in [-0.15, -0.1) is 0 Å². The topological polar surface area (TPSA) is 81.3 Å². The molecule has 0 atom stereocenters. The van der Waals surface area contributed by atoms with Gasteiger partial charge in [0.15, 0.2) is 0 Å². The van der Waals surface area contributed by atoms with E-state index in [1.165, 1.54) is 29.0 Å². The van der Waals surface area contributed by atoms with Crippen LogP contribution in [0.15, 0.2) is 59.7 Å². The number of rotatable bonds is 4. The second-order valence-corrected chi connectivity index (χ2v) is 6.83. The van der Waals surface area contributed by atoms with Crippen LogP contribution in [0.1, 0.15) is 11.1 Å². The first-order valence-corrected chi connectivity index (χ1v) is 8.99. The molecule has 0 spiro atoms. The second-order valence-electron chi connectivity index (χ2n) is 6.83.